The third-order valence-electron chi connectivity index (χ3n) is 4.34. The lowest BCUT2D eigenvalue weighted by Gasteiger charge is -2.19. The van der Waals surface area contributed by atoms with Crippen LogP contribution in [0.25, 0.3) is 0 Å². The summed E-state index contributed by atoms with van der Waals surface area (Å²) in [5.41, 5.74) is 4.30. The zero-order chi connectivity index (χ0) is 16.4. The van der Waals surface area contributed by atoms with Crippen LogP contribution in [0.1, 0.15) is 28.3 Å². The second kappa shape index (κ2) is 6.42. The second-order valence-electron chi connectivity index (χ2n) is 6.01. The van der Waals surface area contributed by atoms with Crippen LogP contribution in [0.15, 0.2) is 42.5 Å². The van der Waals surface area contributed by atoms with Crippen LogP contribution in [0.3, 0.4) is 0 Å². The van der Waals surface area contributed by atoms with E-state index in [9.17, 15) is 9.90 Å². The summed E-state index contributed by atoms with van der Waals surface area (Å²) in [4.78, 5) is 12.5. The molecule has 2 unspecified atom stereocenters. The monoisotopic (exact) mass is 311 g/mol. The summed E-state index contributed by atoms with van der Waals surface area (Å²) in [7, 11) is 0. The predicted octanol–water partition coefficient (Wildman–Crippen LogP) is 2.46. The van der Waals surface area contributed by atoms with Crippen molar-refractivity contribution >= 4 is 5.91 Å². The summed E-state index contributed by atoms with van der Waals surface area (Å²) in [6, 6.07) is 13.1. The molecule has 0 radical (unpaired) electrons. The number of hydrogen-bond donors (Lipinski definition) is 2. The molecule has 0 saturated heterocycles. The van der Waals surface area contributed by atoms with Crippen molar-refractivity contribution in [2.45, 2.75) is 32.4 Å². The van der Waals surface area contributed by atoms with Crippen LogP contribution in [-0.2, 0) is 11.2 Å². The Labute approximate surface area is 136 Å². The first-order valence-electron chi connectivity index (χ1n) is 7.81. The maximum atomic E-state index is 12.5. The van der Waals surface area contributed by atoms with Crippen LogP contribution in [0.4, 0.5) is 0 Å². The summed E-state index contributed by atoms with van der Waals surface area (Å²) in [5.74, 6) is 0.591. The van der Waals surface area contributed by atoms with E-state index < -0.39 is 12.1 Å². The van der Waals surface area contributed by atoms with E-state index >= 15 is 0 Å². The van der Waals surface area contributed by atoms with E-state index in [1.165, 1.54) is 5.56 Å². The van der Waals surface area contributed by atoms with Gasteiger partial charge in [-0.25, -0.2) is 0 Å². The molecule has 2 aromatic rings. The second-order valence-corrected chi connectivity index (χ2v) is 6.01. The molecule has 120 valence electrons. The lowest BCUT2D eigenvalue weighted by molar-refractivity contribution is -0.128. The van der Waals surface area contributed by atoms with E-state index in [0.29, 0.717) is 6.42 Å². The van der Waals surface area contributed by atoms with Gasteiger partial charge in [-0.15, -0.1) is 0 Å². The number of aliphatic hydroxyl groups excluding tert-OH is 1. The maximum Gasteiger partial charge on any atom is 0.261 e. The minimum atomic E-state index is -0.538. The molecular formula is C19H21NO3. The van der Waals surface area contributed by atoms with E-state index in [1.54, 1.807) is 0 Å². The Morgan fingerprint density at radius 2 is 1.96 bits per heavy atom. The Hall–Kier alpha value is -2.33. The maximum absolute atomic E-state index is 12.5. The molecule has 1 aliphatic rings. The Bertz CT molecular complexity index is 681. The van der Waals surface area contributed by atoms with Crippen LogP contribution in [0.2, 0.25) is 0 Å². The molecule has 1 amide bonds. The van der Waals surface area contributed by atoms with Crippen LogP contribution in [0, 0.1) is 13.8 Å². The Kier molecular flexibility index (Phi) is 4.35. The minimum Gasteiger partial charge on any atom is -0.480 e. The highest BCUT2D eigenvalue weighted by atomic mass is 16.5. The highest BCUT2D eigenvalue weighted by Crippen LogP contribution is 2.31. The number of hydrogen-bond acceptors (Lipinski definition) is 3. The van der Waals surface area contributed by atoms with Gasteiger partial charge < -0.3 is 15.2 Å². The van der Waals surface area contributed by atoms with E-state index in [2.05, 4.69) is 18.3 Å². The van der Waals surface area contributed by atoms with Gasteiger partial charge in [0, 0.05) is 6.42 Å². The predicted molar refractivity (Wildman–Crippen MR) is 88.4 cm³/mol. The fourth-order valence-corrected chi connectivity index (χ4v) is 2.84. The molecule has 1 aliphatic heterocycles. The van der Waals surface area contributed by atoms with Crippen molar-refractivity contribution in [3.63, 3.8) is 0 Å². The number of carbonyl (C=O) groups is 1. The quantitative estimate of drug-likeness (QED) is 0.912. The molecule has 2 N–H and O–H groups in total. The fraction of sp³-hybridized carbons (Fsp3) is 0.316. The van der Waals surface area contributed by atoms with Gasteiger partial charge in [0.25, 0.3) is 5.91 Å². The molecule has 0 aliphatic carbocycles. The first kappa shape index (κ1) is 15.6. The molecule has 4 nitrogen and oxygen atoms in total. The molecule has 2 aromatic carbocycles. The number of benzene rings is 2. The highest BCUT2D eigenvalue weighted by Gasteiger charge is 2.30. The molecular weight excluding hydrogens is 290 g/mol. The van der Waals surface area contributed by atoms with Crippen molar-refractivity contribution in [3.8, 4) is 5.75 Å². The molecule has 23 heavy (non-hydrogen) atoms. The average molecular weight is 311 g/mol. The van der Waals surface area contributed by atoms with Crippen molar-refractivity contribution in [2.24, 2.45) is 0 Å². The van der Waals surface area contributed by atoms with Gasteiger partial charge >= 0.3 is 0 Å². The number of aryl methyl sites for hydroxylation is 2. The largest absolute Gasteiger partial charge is 0.480 e. The van der Waals surface area contributed by atoms with Crippen LogP contribution < -0.4 is 10.1 Å². The molecule has 4 heteroatoms. The van der Waals surface area contributed by atoms with E-state index in [1.807, 2.05) is 43.3 Å². The third-order valence-corrected chi connectivity index (χ3v) is 4.34. The van der Waals surface area contributed by atoms with Gasteiger partial charge in [0.05, 0.1) is 12.6 Å². The van der Waals surface area contributed by atoms with Gasteiger partial charge in [0.1, 0.15) is 5.75 Å². The van der Waals surface area contributed by atoms with Crippen LogP contribution in [0.5, 0.6) is 5.75 Å². The normalized spacial score (nSPS) is 17.3. The Balaban J connectivity index is 1.70. The number of aliphatic hydroxyl groups is 1. The summed E-state index contributed by atoms with van der Waals surface area (Å²) in [6.07, 6.45) is 0.0267. The number of ether oxygens (including phenoxy) is 1. The number of nitrogens with one attached hydrogen (secondary N) is 1. The first-order valence-corrected chi connectivity index (χ1v) is 7.81. The SMILES string of the molecule is Cc1cc2c(cc1C)OC(C(=O)NC(CO)c1ccccc1)C2. The number of amides is 1. The third kappa shape index (κ3) is 3.22. The zero-order valence-electron chi connectivity index (χ0n) is 13.4. The number of carbonyl (C=O) groups excluding carboxylic acids is 1. The van der Waals surface area contributed by atoms with E-state index in [4.69, 9.17) is 4.74 Å². The van der Waals surface area contributed by atoms with Gasteiger partial charge in [0.15, 0.2) is 6.10 Å². The van der Waals surface area contributed by atoms with Gasteiger partial charge in [-0.05, 0) is 42.2 Å². The first-order chi connectivity index (χ1) is 11.1. The lowest BCUT2D eigenvalue weighted by Crippen LogP contribution is -2.40. The van der Waals surface area contributed by atoms with Gasteiger partial charge in [-0.2, -0.15) is 0 Å². The van der Waals surface area contributed by atoms with E-state index in [-0.39, 0.29) is 12.5 Å². The topological polar surface area (TPSA) is 58.6 Å². The molecule has 0 fully saturated rings. The van der Waals surface area contributed by atoms with Gasteiger partial charge in [-0.3, -0.25) is 4.79 Å². The molecule has 0 saturated carbocycles. The Morgan fingerprint density at radius 3 is 2.65 bits per heavy atom. The van der Waals surface area contributed by atoms with Crippen molar-refractivity contribution < 1.29 is 14.6 Å². The van der Waals surface area contributed by atoms with E-state index in [0.717, 1.165) is 22.4 Å². The number of rotatable bonds is 4. The summed E-state index contributed by atoms with van der Waals surface area (Å²) in [6.45, 7) is 3.94. The summed E-state index contributed by atoms with van der Waals surface area (Å²) in [5, 5.41) is 12.4. The van der Waals surface area contributed by atoms with Crippen molar-refractivity contribution in [2.75, 3.05) is 6.61 Å². The lowest BCUT2D eigenvalue weighted by atomic mass is 10.0. The van der Waals surface area contributed by atoms with Gasteiger partial charge in [-0.1, -0.05) is 36.4 Å². The summed E-state index contributed by atoms with van der Waals surface area (Å²) < 4.78 is 5.79. The van der Waals surface area contributed by atoms with Crippen LogP contribution in [-0.4, -0.2) is 23.7 Å². The number of fused-ring (bicyclic) bond motifs is 1. The van der Waals surface area contributed by atoms with Crippen LogP contribution >= 0.6 is 0 Å². The highest BCUT2D eigenvalue weighted by molar-refractivity contribution is 5.83. The standard InChI is InChI=1S/C19H21NO3/c1-12-8-15-10-18(23-17(15)9-13(12)2)19(22)20-16(11-21)14-6-4-3-5-7-14/h3-9,16,18,21H,10-11H2,1-2H3,(H,20,22). The summed E-state index contributed by atoms with van der Waals surface area (Å²) >= 11 is 0. The molecule has 1 heterocycles. The van der Waals surface area contributed by atoms with Crippen molar-refractivity contribution in [1.29, 1.82) is 0 Å². The molecule has 2 atom stereocenters. The molecule has 0 spiro atoms. The molecule has 0 aromatic heterocycles. The average Bonchev–Trinajstić information content (AvgIpc) is 2.96. The fourth-order valence-electron chi connectivity index (χ4n) is 2.84. The minimum absolute atomic E-state index is 0.145. The van der Waals surface area contributed by atoms with Crippen molar-refractivity contribution in [1.82, 2.24) is 5.32 Å². The smallest absolute Gasteiger partial charge is 0.261 e. The van der Waals surface area contributed by atoms with Crippen molar-refractivity contribution in [3.05, 3.63) is 64.7 Å². The zero-order valence-corrected chi connectivity index (χ0v) is 13.4. The molecule has 3 rings (SSSR count). The molecule has 0 bridgehead atoms. The van der Waals surface area contributed by atoms with Gasteiger partial charge in [0.2, 0.25) is 0 Å². The Morgan fingerprint density at radius 1 is 1.26 bits per heavy atom.